The van der Waals surface area contributed by atoms with E-state index >= 15 is 0 Å². The third-order valence-electron chi connectivity index (χ3n) is 5.34. The van der Waals surface area contributed by atoms with Crippen LogP contribution < -0.4 is 5.32 Å². The summed E-state index contributed by atoms with van der Waals surface area (Å²) in [6, 6.07) is 9.64. The molecule has 0 radical (unpaired) electrons. The molecule has 5 heteroatoms. The normalized spacial score (nSPS) is 16.6. The summed E-state index contributed by atoms with van der Waals surface area (Å²) >= 11 is 1.51. The van der Waals surface area contributed by atoms with Crippen LogP contribution in [0, 0.1) is 11.3 Å². The molecule has 1 aliphatic rings. The first-order valence-corrected chi connectivity index (χ1v) is 10.4. The Morgan fingerprint density at radius 2 is 1.93 bits per heavy atom. The van der Waals surface area contributed by atoms with Crippen molar-refractivity contribution in [1.82, 2.24) is 0 Å². The fraction of sp³-hybridized carbons (Fsp3) is 0.391. The summed E-state index contributed by atoms with van der Waals surface area (Å²) in [4.78, 5) is 26.1. The summed E-state index contributed by atoms with van der Waals surface area (Å²) in [6.45, 7) is 6.78. The molecule has 0 bridgehead atoms. The number of amides is 1. The van der Waals surface area contributed by atoms with Crippen LogP contribution in [-0.2, 0) is 22.4 Å². The number of carbonyl (C=O) groups excluding carboxylic acids is 2. The lowest BCUT2D eigenvalue weighted by atomic mass is 9.72. The van der Waals surface area contributed by atoms with Gasteiger partial charge in [-0.3, -0.25) is 4.79 Å². The Morgan fingerprint density at radius 1 is 1.21 bits per heavy atom. The van der Waals surface area contributed by atoms with Crippen LogP contribution in [0.25, 0.3) is 6.08 Å². The summed E-state index contributed by atoms with van der Waals surface area (Å²) in [5, 5.41) is 3.49. The molecule has 1 aromatic carbocycles. The fourth-order valence-corrected chi connectivity index (χ4v) is 4.94. The molecular formula is C23H27NO3S. The highest BCUT2D eigenvalue weighted by atomic mass is 32.1. The molecule has 1 aliphatic carbocycles. The van der Waals surface area contributed by atoms with Gasteiger partial charge in [-0.15, -0.1) is 11.3 Å². The molecular weight excluding hydrogens is 370 g/mol. The number of methoxy groups -OCH3 is 1. The molecule has 1 unspecified atom stereocenters. The number of rotatable bonds is 4. The van der Waals surface area contributed by atoms with E-state index in [0.29, 0.717) is 16.5 Å². The van der Waals surface area contributed by atoms with Gasteiger partial charge in [-0.25, -0.2) is 4.79 Å². The summed E-state index contributed by atoms with van der Waals surface area (Å²) in [6.07, 6.45) is 6.07. The highest BCUT2D eigenvalue weighted by molar-refractivity contribution is 7.17. The minimum atomic E-state index is -0.381. The van der Waals surface area contributed by atoms with E-state index in [0.717, 1.165) is 30.4 Å². The van der Waals surface area contributed by atoms with Crippen molar-refractivity contribution in [2.45, 2.75) is 40.0 Å². The first-order valence-electron chi connectivity index (χ1n) is 9.56. The maximum atomic E-state index is 12.4. The molecule has 148 valence electrons. The van der Waals surface area contributed by atoms with Crippen molar-refractivity contribution in [3.8, 4) is 0 Å². The monoisotopic (exact) mass is 397 g/mol. The van der Waals surface area contributed by atoms with E-state index in [9.17, 15) is 9.59 Å². The van der Waals surface area contributed by atoms with Crippen LogP contribution in [0.1, 0.15) is 53.6 Å². The number of benzene rings is 1. The van der Waals surface area contributed by atoms with Crippen LogP contribution >= 0.6 is 11.3 Å². The lowest BCUT2D eigenvalue weighted by molar-refractivity contribution is -0.111. The van der Waals surface area contributed by atoms with Crippen LogP contribution in [0.4, 0.5) is 5.00 Å². The Balaban J connectivity index is 1.84. The Hall–Kier alpha value is -2.40. The molecule has 0 saturated heterocycles. The average Bonchev–Trinajstić information content (AvgIpc) is 3.02. The van der Waals surface area contributed by atoms with Crippen molar-refractivity contribution in [2.24, 2.45) is 11.3 Å². The van der Waals surface area contributed by atoms with Gasteiger partial charge in [-0.2, -0.15) is 0 Å². The second-order valence-electron chi connectivity index (χ2n) is 8.24. The minimum absolute atomic E-state index is 0.217. The number of thiophene rings is 1. The van der Waals surface area contributed by atoms with Gasteiger partial charge in [-0.05, 0) is 47.8 Å². The SMILES string of the molecule is COC(=O)c1c(NC(=O)C=Cc2ccccc2)sc2c1CCC(C(C)(C)C)C2. The number of anilines is 1. The van der Waals surface area contributed by atoms with E-state index in [-0.39, 0.29) is 17.3 Å². The van der Waals surface area contributed by atoms with Gasteiger partial charge in [0.05, 0.1) is 12.7 Å². The maximum absolute atomic E-state index is 12.4. The fourth-order valence-electron chi connectivity index (χ4n) is 3.62. The quantitative estimate of drug-likeness (QED) is 0.560. The van der Waals surface area contributed by atoms with Gasteiger partial charge < -0.3 is 10.1 Å². The summed E-state index contributed by atoms with van der Waals surface area (Å²) in [7, 11) is 1.38. The number of nitrogens with one attached hydrogen (secondary N) is 1. The average molecular weight is 398 g/mol. The smallest absolute Gasteiger partial charge is 0.341 e. The lowest BCUT2D eigenvalue weighted by Crippen LogP contribution is -2.26. The van der Waals surface area contributed by atoms with E-state index in [1.807, 2.05) is 30.3 Å². The van der Waals surface area contributed by atoms with Crippen molar-refractivity contribution in [3.63, 3.8) is 0 Å². The number of fused-ring (bicyclic) bond motifs is 1. The molecule has 1 amide bonds. The molecule has 28 heavy (non-hydrogen) atoms. The number of ether oxygens (including phenoxy) is 1. The van der Waals surface area contributed by atoms with Crippen LogP contribution in [-0.4, -0.2) is 19.0 Å². The van der Waals surface area contributed by atoms with E-state index in [2.05, 4.69) is 26.1 Å². The van der Waals surface area contributed by atoms with E-state index in [4.69, 9.17) is 4.74 Å². The van der Waals surface area contributed by atoms with Gasteiger partial charge in [0.2, 0.25) is 5.91 Å². The molecule has 0 fully saturated rings. The van der Waals surface area contributed by atoms with Gasteiger partial charge in [0, 0.05) is 11.0 Å². The van der Waals surface area contributed by atoms with Crippen LogP contribution in [0.5, 0.6) is 0 Å². The number of hydrogen-bond acceptors (Lipinski definition) is 4. The molecule has 0 saturated carbocycles. The van der Waals surface area contributed by atoms with Crippen molar-refractivity contribution >= 4 is 34.3 Å². The molecule has 4 nitrogen and oxygen atoms in total. The highest BCUT2D eigenvalue weighted by Crippen LogP contribution is 2.44. The maximum Gasteiger partial charge on any atom is 0.341 e. The van der Waals surface area contributed by atoms with Crippen molar-refractivity contribution in [2.75, 3.05) is 12.4 Å². The van der Waals surface area contributed by atoms with Gasteiger partial charge in [0.15, 0.2) is 0 Å². The zero-order valence-corrected chi connectivity index (χ0v) is 17.7. The lowest BCUT2D eigenvalue weighted by Gasteiger charge is -2.33. The third kappa shape index (κ3) is 4.53. The zero-order valence-electron chi connectivity index (χ0n) is 16.9. The Kier molecular flexibility index (Phi) is 6.04. The molecule has 0 spiro atoms. The van der Waals surface area contributed by atoms with Gasteiger partial charge in [-0.1, -0.05) is 51.1 Å². The second-order valence-corrected chi connectivity index (χ2v) is 9.34. The molecule has 1 heterocycles. The standard InChI is InChI=1S/C23H27NO3S/c1-23(2,3)16-11-12-17-18(14-16)28-21(20(17)22(26)27-4)24-19(25)13-10-15-8-6-5-7-9-15/h5-10,13,16H,11-12,14H2,1-4H3,(H,24,25). The number of esters is 1. The summed E-state index contributed by atoms with van der Waals surface area (Å²) < 4.78 is 5.00. The first-order chi connectivity index (χ1) is 13.3. The van der Waals surface area contributed by atoms with Gasteiger partial charge in [0.1, 0.15) is 5.00 Å². The van der Waals surface area contributed by atoms with E-state index < -0.39 is 0 Å². The molecule has 1 aromatic heterocycles. The molecule has 1 atom stereocenters. The Bertz CT molecular complexity index is 891. The molecule has 3 rings (SSSR count). The third-order valence-corrected chi connectivity index (χ3v) is 6.51. The predicted molar refractivity (Wildman–Crippen MR) is 115 cm³/mol. The highest BCUT2D eigenvalue weighted by Gasteiger charge is 2.34. The summed E-state index contributed by atoms with van der Waals surface area (Å²) in [5.74, 6) is -0.0697. The van der Waals surface area contributed by atoms with E-state index in [1.54, 1.807) is 6.08 Å². The summed E-state index contributed by atoms with van der Waals surface area (Å²) in [5.41, 5.74) is 2.73. The van der Waals surface area contributed by atoms with Crippen LogP contribution in [0.15, 0.2) is 36.4 Å². The molecule has 2 aromatic rings. The predicted octanol–water partition coefficient (Wildman–Crippen LogP) is 5.34. The van der Waals surface area contributed by atoms with Gasteiger partial charge >= 0.3 is 5.97 Å². The van der Waals surface area contributed by atoms with Crippen LogP contribution in [0.2, 0.25) is 0 Å². The van der Waals surface area contributed by atoms with Gasteiger partial charge in [0.25, 0.3) is 0 Å². The van der Waals surface area contributed by atoms with Crippen LogP contribution in [0.3, 0.4) is 0 Å². The Labute approximate surface area is 170 Å². The van der Waals surface area contributed by atoms with Crippen molar-refractivity contribution in [1.29, 1.82) is 0 Å². The largest absolute Gasteiger partial charge is 0.465 e. The number of hydrogen-bond donors (Lipinski definition) is 1. The molecule has 1 N–H and O–H groups in total. The minimum Gasteiger partial charge on any atom is -0.465 e. The van der Waals surface area contributed by atoms with Crippen molar-refractivity contribution in [3.05, 3.63) is 58.0 Å². The Morgan fingerprint density at radius 3 is 2.57 bits per heavy atom. The first kappa shape index (κ1) is 20.3. The zero-order chi connectivity index (χ0) is 20.3. The number of carbonyl (C=O) groups is 2. The molecule has 0 aliphatic heterocycles. The second kappa shape index (κ2) is 8.31. The van der Waals surface area contributed by atoms with E-state index in [1.165, 1.54) is 29.4 Å². The topological polar surface area (TPSA) is 55.4 Å². The van der Waals surface area contributed by atoms with Crippen molar-refractivity contribution < 1.29 is 14.3 Å².